The maximum atomic E-state index is 3.19. The first-order valence-electron chi connectivity index (χ1n) is 18.9. The average Bonchev–Trinajstić information content (AvgIpc) is 4.04. The van der Waals surface area contributed by atoms with Crippen molar-refractivity contribution in [2.24, 2.45) is 0 Å². The van der Waals surface area contributed by atoms with E-state index in [2.05, 4.69) is 234 Å². The third-order valence-electron chi connectivity index (χ3n) is 8.90. The Balaban J connectivity index is 0.000000136. The Morgan fingerprint density at radius 3 is 0.911 bits per heavy atom. The molecule has 0 amide bonds. The Kier molecular flexibility index (Phi) is 16.6. The van der Waals surface area contributed by atoms with E-state index in [0.29, 0.717) is 0 Å². The predicted octanol–water partition coefficient (Wildman–Crippen LogP) is 11.0. The second-order valence-corrected chi connectivity index (χ2v) is 17.6. The molecule has 0 bridgehead atoms. The Morgan fingerprint density at radius 2 is 0.661 bits per heavy atom. The van der Waals surface area contributed by atoms with Crippen molar-refractivity contribution in [2.75, 3.05) is 0 Å². The maximum absolute atomic E-state index is 3.19. The Morgan fingerprint density at radius 1 is 0.375 bits per heavy atom. The number of benzene rings is 7. The van der Waals surface area contributed by atoms with Gasteiger partial charge in [0.15, 0.2) is 0 Å². The molecule has 56 heavy (non-hydrogen) atoms. The van der Waals surface area contributed by atoms with Gasteiger partial charge in [0.2, 0.25) is 0 Å². The summed E-state index contributed by atoms with van der Waals surface area (Å²) in [4.78, 5) is 0. The molecule has 0 heterocycles. The molecule has 1 aliphatic carbocycles. The Labute approximate surface area is 346 Å². The van der Waals surface area contributed by atoms with E-state index in [-0.39, 0.29) is 0 Å². The molecule has 9 rings (SSSR count). The van der Waals surface area contributed by atoms with E-state index in [0.717, 1.165) is 12.8 Å². The number of allylic oxidation sites excluding steroid dienone is 3. The zero-order valence-corrected chi connectivity index (χ0v) is 34.9. The van der Waals surface area contributed by atoms with Gasteiger partial charge in [-0.1, -0.05) is 182 Å². The van der Waals surface area contributed by atoms with Crippen LogP contribution in [0.15, 0.2) is 254 Å². The molecule has 0 N–H and O–H groups in total. The summed E-state index contributed by atoms with van der Waals surface area (Å²) < 4.78 is 3.19. The van der Waals surface area contributed by atoms with E-state index in [4.69, 9.17) is 0 Å². The van der Waals surface area contributed by atoms with Crippen molar-refractivity contribution in [3.05, 3.63) is 260 Å². The summed E-state index contributed by atoms with van der Waals surface area (Å²) in [6.07, 6.45) is 4.59. The Hall–Kier alpha value is -5.24. The number of hydrogen-bond acceptors (Lipinski definition) is 0. The standard InChI is InChI=1S/2C18H15P.C12H10.C5H5.Ru/c2*1-4-10-16(11-5-1)19(17-12-6-2-7-13-17)18-14-8-3-9-15-18;1-10-6-5-9-12(10)11-7-3-2-4-8-11;1-2-4-5-3-1;/h2*1-15H;2-4,7-9H,5-6H2;1-5H;/q;;;-1;+1. The number of rotatable bonds is 7. The van der Waals surface area contributed by atoms with Crippen molar-refractivity contribution in [3.8, 4) is 0 Å². The van der Waals surface area contributed by atoms with Crippen molar-refractivity contribution < 1.29 is 17.9 Å². The molecule has 0 aliphatic heterocycles. The summed E-state index contributed by atoms with van der Waals surface area (Å²) in [6.45, 7) is 0. The maximum Gasteiger partial charge on any atom is -0.0134 e. The molecule has 0 fully saturated rings. The summed E-state index contributed by atoms with van der Waals surface area (Å²) in [7, 11) is -0.892. The molecule has 8 aromatic carbocycles. The van der Waals surface area contributed by atoms with Crippen molar-refractivity contribution in [1.29, 1.82) is 0 Å². The molecule has 3 heteroatoms. The van der Waals surface area contributed by atoms with Gasteiger partial charge in [-0.05, 0) is 47.7 Å². The molecule has 0 nitrogen and oxygen atoms in total. The first-order valence-corrected chi connectivity index (χ1v) is 22.4. The van der Waals surface area contributed by atoms with Crippen LogP contribution in [0, 0.1) is 0 Å². The summed E-state index contributed by atoms with van der Waals surface area (Å²) in [5.41, 5.74) is 4.01. The van der Waals surface area contributed by atoms with Crippen molar-refractivity contribution >= 4 is 57.5 Å². The van der Waals surface area contributed by atoms with Gasteiger partial charge in [-0.25, -0.2) is 12.1 Å². The van der Waals surface area contributed by atoms with E-state index in [1.807, 2.05) is 36.4 Å². The van der Waals surface area contributed by atoms with Crippen LogP contribution in [0.4, 0.5) is 0 Å². The van der Waals surface area contributed by atoms with Gasteiger partial charge in [-0.3, -0.25) is 0 Å². The van der Waals surface area contributed by atoms with Gasteiger partial charge >= 0.3 is 88.1 Å². The molecule has 0 saturated carbocycles. The van der Waals surface area contributed by atoms with Crippen molar-refractivity contribution in [1.82, 2.24) is 0 Å². The summed E-state index contributed by atoms with van der Waals surface area (Å²) in [6, 6.07) is 85.2. The monoisotopic (exact) mass is 845 g/mol. The van der Waals surface area contributed by atoms with E-state index in [1.54, 1.807) is 0 Å². The minimum atomic E-state index is -0.446. The van der Waals surface area contributed by atoms with Crippen LogP contribution in [0.5, 0.6) is 0 Å². The fourth-order valence-electron chi connectivity index (χ4n) is 6.30. The smallest absolute Gasteiger partial charge is 0.0134 e. The zero-order chi connectivity index (χ0) is 38.5. The van der Waals surface area contributed by atoms with Gasteiger partial charge in [0.1, 0.15) is 0 Å². The summed E-state index contributed by atoms with van der Waals surface area (Å²) >= 11 is 2.48. The van der Waals surface area contributed by atoms with Crippen LogP contribution < -0.4 is 31.8 Å². The molecule has 0 spiro atoms. The zero-order valence-electron chi connectivity index (χ0n) is 31.3. The second-order valence-electron chi connectivity index (χ2n) is 12.7. The molecule has 0 unspecified atom stereocenters. The largest absolute Gasteiger partial charge is 0.214 e. The fraction of sp³-hybridized carbons (Fsp3) is 0.0377. The molecule has 8 aromatic rings. The topological polar surface area (TPSA) is 0 Å². The van der Waals surface area contributed by atoms with Gasteiger partial charge < -0.3 is 0 Å². The van der Waals surface area contributed by atoms with Crippen LogP contribution in [-0.4, -0.2) is 4.26 Å². The minimum absolute atomic E-state index is 0.446. The first-order chi connectivity index (χ1) is 27.8. The fourth-order valence-corrected chi connectivity index (χ4v) is 11.4. The normalized spacial score (nSPS) is 11.5. The van der Waals surface area contributed by atoms with Gasteiger partial charge in [-0.2, -0.15) is 18.2 Å². The molecular formula is C53H45P2Ru. The van der Waals surface area contributed by atoms with Gasteiger partial charge in [0, 0.05) is 0 Å². The van der Waals surface area contributed by atoms with Crippen molar-refractivity contribution in [2.45, 2.75) is 12.8 Å². The van der Waals surface area contributed by atoms with E-state index in [9.17, 15) is 0 Å². The second kappa shape index (κ2) is 23.0. The van der Waals surface area contributed by atoms with E-state index >= 15 is 0 Å². The third-order valence-corrected chi connectivity index (χ3v) is 14.3. The van der Waals surface area contributed by atoms with Crippen LogP contribution >= 0.6 is 15.8 Å². The predicted molar refractivity (Wildman–Crippen MR) is 245 cm³/mol. The molecule has 1 aliphatic rings. The van der Waals surface area contributed by atoms with Crippen LogP contribution in [0.3, 0.4) is 0 Å². The minimum Gasteiger partial charge on any atom is -0.214 e. The van der Waals surface area contributed by atoms with Gasteiger partial charge in [0.25, 0.3) is 0 Å². The van der Waals surface area contributed by atoms with Crippen LogP contribution in [-0.2, 0) is 17.9 Å². The summed E-state index contributed by atoms with van der Waals surface area (Å²) in [5, 5.41) is 8.39. The van der Waals surface area contributed by atoms with Crippen molar-refractivity contribution in [3.63, 3.8) is 0 Å². The number of hydrogen-bond donors (Lipinski definition) is 0. The quantitative estimate of drug-likeness (QED) is 0.0852. The molecular weight excluding hydrogens is 800 g/mol. The SMILES string of the molecule is [Ru+]=[C]=C1CCC=C1c1ccccc1.c1cc[cH-]c1.c1ccc(P(c2ccccc2)c2ccccc2)cc1.c1ccc(P(c2ccccc2)c2ccccc2)cc1. The van der Waals surface area contributed by atoms with E-state index in [1.165, 1.54) is 48.5 Å². The molecule has 275 valence electrons. The van der Waals surface area contributed by atoms with Gasteiger partial charge in [0.05, 0.1) is 0 Å². The summed E-state index contributed by atoms with van der Waals surface area (Å²) in [5.74, 6) is 0. The molecule has 0 atom stereocenters. The van der Waals surface area contributed by atoms with Crippen LogP contribution in [0.2, 0.25) is 0 Å². The van der Waals surface area contributed by atoms with Crippen LogP contribution in [0.25, 0.3) is 5.57 Å². The first kappa shape index (κ1) is 40.4. The molecule has 0 radical (unpaired) electrons. The van der Waals surface area contributed by atoms with Crippen LogP contribution in [0.1, 0.15) is 18.4 Å². The molecule has 0 aromatic heterocycles. The Bertz CT molecular complexity index is 2000. The van der Waals surface area contributed by atoms with Gasteiger partial charge in [-0.15, -0.1) is 0 Å². The average molecular weight is 845 g/mol. The van der Waals surface area contributed by atoms with E-state index < -0.39 is 15.8 Å². The molecule has 0 saturated heterocycles. The third kappa shape index (κ3) is 12.1.